The predicted molar refractivity (Wildman–Crippen MR) is 147 cm³/mol. The molecule has 0 saturated carbocycles. The number of thioether (sulfide) groups is 1. The Bertz CT molecular complexity index is 1280. The van der Waals surface area contributed by atoms with E-state index < -0.39 is 0 Å². The second-order valence-electron chi connectivity index (χ2n) is 7.31. The zero-order chi connectivity index (χ0) is 24.2. The molecule has 1 fully saturated rings. The molecule has 1 aliphatic heterocycles. The van der Waals surface area contributed by atoms with Crippen LogP contribution in [0.25, 0.3) is 6.08 Å². The molecule has 0 unspecified atom stereocenters. The van der Waals surface area contributed by atoms with E-state index in [-0.39, 0.29) is 17.7 Å². The lowest BCUT2D eigenvalue weighted by molar-refractivity contribution is -0.123. The third kappa shape index (κ3) is 5.79. The van der Waals surface area contributed by atoms with Crippen molar-refractivity contribution >= 4 is 79.1 Å². The molecule has 0 bridgehead atoms. The molecule has 3 aromatic rings. The Labute approximate surface area is 228 Å². The maximum absolute atomic E-state index is 12.9. The Kier molecular flexibility index (Phi) is 8.23. The van der Waals surface area contributed by atoms with Gasteiger partial charge in [0, 0.05) is 15.1 Å². The first-order chi connectivity index (χ1) is 16.4. The molecule has 4 rings (SSSR count). The average molecular weight is 671 g/mol. The zero-order valence-corrected chi connectivity index (χ0v) is 23.2. The first-order valence-corrected chi connectivity index (χ1v) is 13.2. The molecule has 0 radical (unpaired) electrons. The standard InChI is InChI=1S/C25H18BrClINO4S/c1-32-21-11-16(10-20(28)23(21)33-14-17-4-2-3-5-19(17)27)12-22-24(30)29(25(31)34-22)13-15-6-8-18(26)9-7-15/h2-12H,13-14H2,1H3/b22-12-. The topological polar surface area (TPSA) is 55.8 Å². The summed E-state index contributed by atoms with van der Waals surface area (Å²) in [5.41, 5.74) is 2.48. The van der Waals surface area contributed by atoms with Crippen molar-refractivity contribution in [3.05, 3.63) is 95.3 Å². The van der Waals surface area contributed by atoms with Crippen molar-refractivity contribution in [3.63, 3.8) is 0 Å². The van der Waals surface area contributed by atoms with Gasteiger partial charge in [0.1, 0.15) is 6.61 Å². The van der Waals surface area contributed by atoms with Crippen LogP contribution in [0, 0.1) is 3.57 Å². The summed E-state index contributed by atoms with van der Waals surface area (Å²) in [6.45, 7) is 0.519. The second kappa shape index (κ2) is 11.2. The maximum Gasteiger partial charge on any atom is 0.293 e. The summed E-state index contributed by atoms with van der Waals surface area (Å²) in [5, 5.41) is 0.340. The molecular weight excluding hydrogens is 653 g/mol. The second-order valence-corrected chi connectivity index (χ2v) is 10.8. The SMILES string of the molecule is COc1cc(/C=C2\SC(=O)N(Cc3ccc(Br)cc3)C2=O)cc(I)c1OCc1ccccc1Cl. The van der Waals surface area contributed by atoms with Crippen molar-refractivity contribution in [2.45, 2.75) is 13.2 Å². The molecule has 1 aliphatic rings. The van der Waals surface area contributed by atoms with Gasteiger partial charge in [-0.1, -0.05) is 57.9 Å². The number of ether oxygens (including phenoxy) is 2. The lowest BCUT2D eigenvalue weighted by atomic mass is 10.1. The van der Waals surface area contributed by atoms with Crippen molar-refractivity contribution in [2.24, 2.45) is 0 Å². The monoisotopic (exact) mass is 669 g/mol. The normalized spacial score (nSPS) is 14.7. The van der Waals surface area contributed by atoms with Crippen LogP contribution in [0.2, 0.25) is 5.02 Å². The van der Waals surface area contributed by atoms with Crippen LogP contribution in [0.3, 0.4) is 0 Å². The van der Waals surface area contributed by atoms with Gasteiger partial charge in [-0.05, 0) is 81.9 Å². The first kappa shape index (κ1) is 25.1. The molecule has 0 atom stereocenters. The van der Waals surface area contributed by atoms with Crippen molar-refractivity contribution < 1.29 is 19.1 Å². The molecule has 34 heavy (non-hydrogen) atoms. The minimum absolute atomic E-state index is 0.227. The van der Waals surface area contributed by atoms with Crippen molar-refractivity contribution in [1.29, 1.82) is 0 Å². The quantitative estimate of drug-likeness (QED) is 0.192. The fourth-order valence-electron chi connectivity index (χ4n) is 3.29. The number of benzene rings is 3. The van der Waals surface area contributed by atoms with Crippen molar-refractivity contribution in [2.75, 3.05) is 7.11 Å². The van der Waals surface area contributed by atoms with E-state index in [1.165, 1.54) is 4.90 Å². The highest BCUT2D eigenvalue weighted by atomic mass is 127. The fraction of sp³-hybridized carbons (Fsp3) is 0.120. The molecule has 2 amide bonds. The molecule has 174 valence electrons. The van der Waals surface area contributed by atoms with Gasteiger partial charge >= 0.3 is 0 Å². The number of amides is 2. The Morgan fingerprint density at radius 2 is 1.85 bits per heavy atom. The van der Waals surface area contributed by atoms with E-state index in [0.717, 1.165) is 36.5 Å². The van der Waals surface area contributed by atoms with E-state index in [2.05, 4.69) is 38.5 Å². The molecule has 0 N–H and O–H groups in total. The Hall–Kier alpha value is -2.01. The molecule has 0 aliphatic carbocycles. The number of rotatable bonds is 7. The van der Waals surface area contributed by atoms with Gasteiger partial charge in [-0.15, -0.1) is 0 Å². The Morgan fingerprint density at radius 1 is 1.12 bits per heavy atom. The van der Waals surface area contributed by atoms with Crippen LogP contribution in [0.15, 0.2) is 70.0 Å². The third-order valence-electron chi connectivity index (χ3n) is 5.01. The van der Waals surface area contributed by atoms with Crippen LogP contribution in [-0.4, -0.2) is 23.2 Å². The van der Waals surface area contributed by atoms with Gasteiger partial charge in [0.05, 0.1) is 22.1 Å². The summed E-state index contributed by atoms with van der Waals surface area (Å²) in [7, 11) is 1.56. The highest BCUT2D eigenvalue weighted by molar-refractivity contribution is 14.1. The number of halogens is 3. The summed E-state index contributed by atoms with van der Waals surface area (Å²) < 4.78 is 13.3. The van der Waals surface area contributed by atoms with Gasteiger partial charge < -0.3 is 9.47 Å². The third-order valence-corrected chi connectivity index (χ3v) is 7.61. The molecule has 9 heteroatoms. The van der Waals surface area contributed by atoms with Gasteiger partial charge in [-0.25, -0.2) is 0 Å². The molecule has 0 aromatic heterocycles. The largest absolute Gasteiger partial charge is 0.493 e. The van der Waals surface area contributed by atoms with E-state index in [1.54, 1.807) is 19.3 Å². The molecule has 0 spiro atoms. The molecule has 3 aromatic carbocycles. The summed E-state index contributed by atoms with van der Waals surface area (Å²) in [6, 6.07) is 18.7. The predicted octanol–water partition coefficient (Wildman–Crippen LogP) is 7.53. The lowest BCUT2D eigenvalue weighted by Crippen LogP contribution is -2.27. The van der Waals surface area contributed by atoms with Crippen LogP contribution < -0.4 is 9.47 Å². The molecule has 1 heterocycles. The number of methoxy groups -OCH3 is 1. The highest BCUT2D eigenvalue weighted by Crippen LogP contribution is 2.38. The van der Waals surface area contributed by atoms with Crippen LogP contribution >= 0.6 is 61.9 Å². The van der Waals surface area contributed by atoms with Crippen molar-refractivity contribution in [1.82, 2.24) is 4.90 Å². The number of nitrogens with zero attached hydrogens (tertiary/aromatic N) is 1. The summed E-state index contributed by atoms with van der Waals surface area (Å²) >= 11 is 12.7. The number of hydrogen-bond donors (Lipinski definition) is 0. The zero-order valence-electron chi connectivity index (χ0n) is 17.9. The van der Waals surface area contributed by atoms with Crippen molar-refractivity contribution in [3.8, 4) is 11.5 Å². The molecule has 1 saturated heterocycles. The van der Waals surface area contributed by atoms with Crippen LogP contribution in [0.5, 0.6) is 11.5 Å². The first-order valence-electron chi connectivity index (χ1n) is 10.1. The van der Waals surface area contributed by atoms with E-state index in [1.807, 2.05) is 54.6 Å². The Morgan fingerprint density at radius 3 is 2.56 bits per heavy atom. The number of imide groups is 1. The van der Waals surface area contributed by atoms with Crippen LogP contribution in [-0.2, 0) is 17.9 Å². The number of carbonyl (C=O) groups is 2. The molecular formula is C25H18BrClINO4S. The van der Waals surface area contributed by atoms with E-state index in [4.69, 9.17) is 21.1 Å². The highest BCUT2D eigenvalue weighted by Gasteiger charge is 2.35. The number of hydrogen-bond acceptors (Lipinski definition) is 5. The minimum Gasteiger partial charge on any atom is -0.493 e. The van der Waals surface area contributed by atoms with Crippen LogP contribution in [0.1, 0.15) is 16.7 Å². The lowest BCUT2D eigenvalue weighted by Gasteiger charge is -2.14. The maximum atomic E-state index is 12.9. The summed E-state index contributed by atoms with van der Waals surface area (Å²) in [5.74, 6) is 0.800. The number of carbonyl (C=O) groups excluding carboxylic acids is 2. The van der Waals surface area contributed by atoms with Gasteiger partial charge in [0.2, 0.25) is 0 Å². The van der Waals surface area contributed by atoms with E-state index in [0.29, 0.717) is 28.0 Å². The van der Waals surface area contributed by atoms with E-state index >= 15 is 0 Å². The van der Waals surface area contributed by atoms with Gasteiger partial charge in [0.25, 0.3) is 11.1 Å². The Balaban J connectivity index is 1.53. The van der Waals surface area contributed by atoms with Crippen LogP contribution in [0.4, 0.5) is 4.79 Å². The minimum atomic E-state index is -0.314. The smallest absolute Gasteiger partial charge is 0.293 e. The molecule has 5 nitrogen and oxygen atoms in total. The van der Waals surface area contributed by atoms with Gasteiger partial charge in [0.15, 0.2) is 11.5 Å². The van der Waals surface area contributed by atoms with E-state index in [9.17, 15) is 9.59 Å². The fourth-order valence-corrected chi connectivity index (χ4v) is 5.36. The summed E-state index contributed by atoms with van der Waals surface area (Å²) in [4.78, 5) is 27.1. The average Bonchev–Trinajstić information content (AvgIpc) is 3.07. The van der Waals surface area contributed by atoms with Gasteiger partial charge in [-0.3, -0.25) is 14.5 Å². The van der Waals surface area contributed by atoms with Gasteiger partial charge in [-0.2, -0.15) is 0 Å². The summed E-state index contributed by atoms with van der Waals surface area (Å²) in [6.07, 6.45) is 1.70.